The Morgan fingerprint density at radius 2 is 1.84 bits per heavy atom. The summed E-state index contributed by atoms with van der Waals surface area (Å²) >= 11 is 11.6. The summed E-state index contributed by atoms with van der Waals surface area (Å²) in [5, 5.41) is -0.722. The fraction of sp³-hybridized carbons (Fsp3) is 0.417. The molecule has 1 aromatic rings. The number of hydrogen-bond acceptors (Lipinski definition) is 1. The molecular weight excluding hydrogens is 302 g/mol. The third-order valence-corrected chi connectivity index (χ3v) is 3.98. The number of carbonyl (C=O) groups is 1. The number of alkyl halides is 5. The summed E-state index contributed by atoms with van der Waals surface area (Å²) in [6.07, 6.45) is -4.39. The van der Waals surface area contributed by atoms with Gasteiger partial charge < -0.3 is 4.90 Å². The average Bonchev–Trinajstić information content (AvgIpc) is 2.65. The number of carbonyl (C=O) groups excluding carboxylic acids is 1. The lowest BCUT2D eigenvalue weighted by atomic mass is 10.1. The molecule has 0 aliphatic carbocycles. The SMILES string of the molecule is O=C1C(Cl)C(CCl)CN1c1ccc(C(F)(F)F)cc1. The van der Waals surface area contributed by atoms with Crippen molar-refractivity contribution >= 4 is 34.8 Å². The molecule has 7 heteroatoms. The molecule has 1 aliphatic heterocycles. The van der Waals surface area contributed by atoms with E-state index in [1.807, 2.05) is 0 Å². The minimum absolute atomic E-state index is 0.196. The van der Waals surface area contributed by atoms with Gasteiger partial charge in [-0.25, -0.2) is 0 Å². The van der Waals surface area contributed by atoms with E-state index in [0.29, 0.717) is 12.2 Å². The number of amides is 1. The Morgan fingerprint density at radius 3 is 2.26 bits per heavy atom. The number of halogens is 5. The molecule has 0 bridgehead atoms. The third kappa shape index (κ3) is 2.82. The van der Waals surface area contributed by atoms with E-state index in [-0.39, 0.29) is 17.7 Å². The zero-order valence-corrected chi connectivity index (χ0v) is 11.1. The molecule has 0 aromatic heterocycles. The van der Waals surface area contributed by atoms with Crippen LogP contribution >= 0.6 is 23.2 Å². The van der Waals surface area contributed by atoms with Crippen molar-refractivity contribution in [1.29, 1.82) is 0 Å². The predicted molar refractivity (Wildman–Crippen MR) is 67.6 cm³/mol. The largest absolute Gasteiger partial charge is 0.416 e. The van der Waals surface area contributed by atoms with Crippen molar-refractivity contribution in [3.63, 3.8) is 0 Å². The fourth-order valence-corrected chi connectivity index (χ4v) is 2.61. The van der Waals surface area contributed by atoms with Crippen LogP contribution in [-0.2, 0) is 11.0 Å². The molecule has 104 valence electrons. The van der Waals surface area contributed by atoms with Gasteiger partial charge in [-0.15, -0.1) is 23.2 Å². The van der Waals surface area contributed by atoms with Gasteiger partial charge in [-0.2, -0.15) is 13.2 Å². The first-order valence-electron chi connectivity index (χ1n) is 5.53. The standard InChI is InChI=1S/C12H10Cl2F3NO/c13-5-7-6-18(11(19)10(7)14)9-3-1-8(2-4-9)12(15,16)17/h1-4,7,10H,5-6H2. The smallest absolute Gasteiger partial charge is 0.311 e. The van der Waals surface area contributed by atoms with E-state index in [0.717, 1.165) is 12.1 Å². The molecule has 2 nitrogen and oxygen atoms in total. The van der Waals surface area contributed by atoms with E-state index in [1.54, 1.807) is 0 Å². The molecule has 0 saturated carbocycles. The van der Waals surface area contributed by atoms with Gasteiger partial charge in [0.05, 0.1) is 5.56 Å². The van der Waals surface area contributed by atoms with E-state index < -0.39 is 17.1 Å². The maximum absolute atomic E-state index is 12.4. The molecule has 2 atom stereocenters. The summed E-state index contributed by atoms with van der Waals surface area (Å²) in [5.74, 6) is -0.290. The predicted octanol–water partition coefficient (Wildman–Crippen LogP) is 3.51. The summed E-state index contributed by atoms with van der Waals surface area (Å²) in [5.41, 5.74) is -0.351. The summed E-state index contributed by atoms with van der Waals surface area (Å²) in [6.45, 7) is 0.321. The lowest BCUT2D eigenvalue weighted by Gasteiger charge is -2.17. The van der Waals surface area contributed by atoms with Crippen LogP contribution in [0.5, 0.6) is 0 Å². The molecule has 1 amide bonds. The highest BCUT2D eigenvalue weighted by Crippen LogP contribution is 2.33. The van der Waals surface area contributed by atoms with Crippen LogP contribution in [0.3, 0.4) is 0 Å². The lowest BCUT2D eigenvalue weighted by molar-refractivity contribution is -0.137. The van der Waals surface area contributed by atoms with Gasteiger partial charge in [0.15, 0.2) is 0 Å². The molecule has 1 heterocycles. The Kier molecular flexibility index (Phi) is 3.97. The van der Waals surface area contributed by atoms with Crippen LogP contribution in [0.25, 0.3) is 0 Å². The maximum Gasteiger partial charge on any atom is 0.416 e. The highest BCUT2D eigenvalue weighted by molar-refractivity contribution is 6.34. The van der Waals surface area contributed by atoms with Gasteiger partial charge in [0.2, 0.25) is 5.91 Å². The molecule has 2 unspecified atom stereocenters. The molecule has 0 radical (unpaired) electrons. The summed E-state index contributed by atoms with van der Waals surface area (Å²) < 4.78 is 37.3. The van der Waals surface area contributed by atoms with Crippen molar-refractivity contribution in [2.24, 2.45) is 5.92 Å². The Bertz CT molecular complexity index is 475. The molecule has 1 saturated heterocycles. The van der Waals surface area contributed by atoms with Gasteiger partial charge in [-0.05, 0) is 24.3 Å². The second kappa shape index (κ2) is 5.21. The monoisotopic (exact) mass is 311 g/mol. The van der Waals surface area contributed by atoms with Crippen LogP contribution in [0.4, 0.5) is 18.9 Å². The van der Waals surface area contributed by atoms with Crippen molar-refractivity contribution in [1.82, 2.24) is 0 Å². The normalized spacial score (nSPS) is 24.1. The molecule has 2 rings (SSSR count). The highest BCUT2D eigenvalue weighted by atomic mass is 35.5. The highest BCUT2D eigenvalue weighted by Gasteiger charge is 2.39. The first-order valence-corrected chi connectivity index (χ1v) is 6.50. The van der Waals surface area contributed by atoms with Gasteiger partial charge in [-0.3, -0.25) is 4.79 Å². The second-order valence-corrected chi connectivity index (χ2v) is 5.09. The van der Waals surface area contributed by atoms with Crippen LogP contribution in [0.2, 0.25) is 0 Å². The molecule has 0 spiro atoms. The average molecular weight is 312 g/mol. The summed E-state index contributed by atoms with van der Waals surface area (Å²) in [4.78, 5) is 13.2. The molecule has 1 fully saturated rings. The molecule has 1 aromatic carbocycles. The Morgan fingerprint density at radius 1 is 1.26 bits per heavy atom. The summed E-state index contributed by atoms with van der Waals surface area (Å²) in [6, 6.07) is 4.42. The third-order valence-electron chi connectivity index (χ3n) is 3.04. The van der Waals surface area contributed by atoms with E-state index in [9.17, 15) is 18.0 Å². The molecular formula is C12H10Cl2F3NO. The quantitative estimate of drug-likeness (QED) is 0.765. The minimum Gasteiger partial charge on any atom is -0.311 e. The van der Waals surface area contributed by atoms with Crippen LogP contribution in [0.1, 0.15) is 5.56 Å². The van der Waals surface area contributed by atoms with Gasteiger partial charge in [0.1, 0.15) is 5.38 Å². The van der Waals surface area contributed by atoms with Crippen molar-refractivity contribution in [2.45, 2.75) is 11.6 Å². The Hall–Kier alpha value is -0.940. The minimum atomic E-state index is -4.39. The number of benzene rings is 1. The van der Waals surface area contributed by atoms with Crippen molar-refractivity contribution in [3.8, 4) is 0 Å². The maximum atomic E-state index is 12.4. The van der Waals surface area contributed by atoms with Crippen LogP contribution in [0, 0.1) is 5.92 Å². The zero-order valence-electron chi connectivity index (χ0n) is 9.62. The molecule has 1 aliphatic rings. The van der Waals surface area contributed by atoms with Gasteiger partial charge >= 0.3 is 6.18 Å². The van der Waals surface area contributed by atoms with Gasteiger partial charge in [0.25, 0.3) is 0 Å². The number of hydrogen-bond donors (Lipinski definition) is 0. The number of rotatable bonds is 2. The van der Waals surface area contributed by atoms with Crippen LogP contribution < -0.4 is 4.90 Å². The summed E-state index contributed by atoms with van der Waals surface area (Å²) in [7, 11) is 0. The zero-order chi connectivity index (χ0) is 14.2. The first kappa shape index (κ1) is 14.5. The van der Waals surface area contributed by atoms with E-state index >= 15 is 0 Å². The Balaban J connectivity index is 2.22. The molecule has 19 heavy (non-hydrogen) atoms. The van der Waals surface area contributed by atoms with Crippen molar-refractivity contribution in [2.75, 3.05) is 17.3 Å². The Labute approximate surface area is 118 Å². The molecule has 0 N–H and O–H groups in total. The van der Waals surface area contributed by atoms with Crippen LogP contribution in [0.15, 0.2) is 24.3 Å². The second-order valence-electron chi connectivity index (χ2n) is 4.31. The van der Waals surface area contributed by atoms with E-state index in [1.165, 1.54) is 17.0 Å². The fourth-order valence-electron chi connectivity index (χ4n) is 1.96. The van der Waals surface area contributed by atoms with Gasteiger partial charge in [0, 0.05) is 24.0 Å². The lowest BCUT2D eigenvalue weighted by Crippen LogP contribution is -2.27. The van der Waals surface area contributed by atoms with Gasteiger partial charge in [-0.1, -0.05) is 0 Å². The van der Waals surface area contributed by atoms with Crippen LogP contribution in [-0.4, -0.2) is 23.7 Å². The topological polar surface area (TPSA) is 20.3 Å². The van der Waals surface area contributed by atoms with Crippen molar-refractivity contribution in [3.05, 3.63) is 29.8 Å². The number of nitrogens with zero attached hydrogens (tertiary/aromatic N) is 1. The first-order chi connectivity index (χ1) is 8.84. The van der Waals surface area contributed by atoms with Crippen molar-refractivity contribution < 1.29 is 18.0 Å². The van der Waals surface area contributed by atoms with E-state index in [2.05, 4.69) is 0 Å². The van der Waals surface area contributed by atoms with E-state index in [4.69, 9.17) is 23.2 Å². The number of anilines is 1.